The molecule has 6 heteroatoms. The number of hydrogen-bond acceptors (Lipinski definition) is 4. The molecule has 1 heterocycles. The number of phenols is 1. The predicted molar refractivity (Wildman–Crippen MR) is 118 cm³/mol. The highest BCUT2D eigenvalue weighted by molar-refractivity contribution is 5.99. The highest BCUT2D eigenvalue weighted by Crippen LogP contribution is 2.32. The number of benzene rings is 2. The Kier molecular flexibility index (Phi) is 5.74. The lowest BCUT2D eigenvalue weighted by atomic mass is 9.95. The molecule has 0 radical (unpaired) electrons. The number of nitrogens with zero attached hydrogens (tertiary/aromatic N) is 2. The summed E-state index contributed by atoms with van der Waals surface area (Å²) < 4.78 is 7.44. The molecule has 30 heavy (non-hydrogen) atoms. The van der Waals surface area contributed by atoms with Gasteiger partial charge in [-0.05, 0) is 62.4 Å². The summed E-state index contributed by atoms with van der Waals surface area (Å²) in [5.41, 5.74) is 8.12. The van der Waals surface area contributed by atoms with Crippen molar-refractivity contribution in [2.75, 3.05) is 7.11 Å². The van der Waals surface area contributed by atoms with Crippen LogP contribution in [-0.2, 0) is 24.2 Å². The predicted octanol–water partition coefficient (Wildman–Crippen LogP) is 4.16. The second-order valence-corrected chi connectivity index (χ2v) is 7.67. The van der Waals surface area contributed by atoms with Crippen molar-refractivity contribution in [3.05, 3.63) is 59.3 Å². The number of fused-ring (bicyclic) bond motifs is 3. The van der Waals surface area contributed by atoms with Crippen LogP contribution in [0.2, 0.25) is 0 Å². The van der Waals surface area contributed by atoms with Crippen LogP contribution in [-0.4, -0.2) is 28.4 Å². The molecular formula is C24H27N3O3. The number of nitrogens with one attached hydrogen (secondary N) is 1. The van der Waals surface area contributed by atoms with Crippen LogP contribution in [0.25, 0.3) is 10.9 Å². The maximum absolute atomic E-state index is 12.5. The van der Waals surface area contributed by atoms with Crippen LogP contribution in [0.15, 0.2) is 47.6 Å². The van der Waals surface area contributed by atoms with E-state index in [1.165, 1.54) is 42.1 Å². The quantitative estimate of drug-likeness (QED) is 0.477. The maximum atomic E-state index is 12.5. The van der Waals surface area contributed by atoms with Crippen molar-refractivity contribution in [2.45, 2.75) is 45.6 Å². The van der Waals surface area contributed by atoms with E-state index in [9.17, 15) is 9.90 Å². The van der Waals surface area contributed by atoms with E-state index in [2.05, 4.69) is 39.4 Å². The van der Waals surface area contributed by atoms with E-state index in [0.29, 0.717) is 24.4 Å². The number of hydrogen-bond donors (Lipinski definition) is 2. The third-order valence-electron chi connectivity index (χ3n) is 5.79. The van der Waals surface area contributed by atoms with Crippen LogP contribution < -0.4 is 10.2 Å². The van der Waals surface area contributed by atoms with Gasteiger partial charge in [0, 0.05) is 35.1 Å². The van der Waals surface area contributed by atoms with Gasteiger partial charge in [-0.2, -0.15) is 5.10 Å². The van der Waals surface area contributed by atoms with E-state index in [0.717, 1.165) is 18.4 Å². The lowest BCUT2D eigenvalue weighted by molar-refractivity contribution is -0.121. The van der Waals surface area contributed by atoms with Gasteiger partial charge in [-0.3, -0.25) is 4.79 Å². The molecule has 0 saturated carbocycles. The van der Waals surface area contributed by atoms with Gasteiger partial charge in [0.25, 0.3) is 0 Å². The molecular weight excluding hydrogens is 378 g/mol. The highest BCUT2D eigenvalue weighted by Gasteiger charge is 2.19. The third kappa shape index (κ3) is 3.90. The molecule has 4 rings (SSSR count). The molecule has 6 nitrogen and oxygen atoms in total. The Labute approximate surface area is 176 Å². The number of para-hydroxylation sites is 1. The number of aromatic nitrogens is 1. The van der Waals surface area contributed by atoms with Gasteiger partial charge in [0.15, 0.2) is 11.5 Å². The zero-order valence-electron chi connectivity index (χ0n) is 17.4. The monoisotopic (exact) mass is 405 g/mol. The second-order valence-electron chi connectivity index (χ2n) is 7.67. The summed E-state index contributed by atoms with van der Waals surface area (Å²) in [6, 6.07) is 13.5. The van der Waals surface area contributed by atoms with E-state index in [1.54, 1.807) is 18.2 Å². The summed E-state index contributed by atoms with van der Waals surface area (Å²) in [6.45, 7) is 2.45. The average Bonchev–Trinajstić information content (AvgIpc) is 3.10. The third-order valence-corrected chi connectivity index (χ3v) is 5.79. The first-order valence-electron chi connectivity index (χ1n) is 10.4. The molecule has 0 atom stereocenters. The molecule has 0 aliphatic heterocycles. The Morgan fingerprint density at radius 1 is 1.20 bits per heavy atom. The van der Waals surface area contributed by atoms with Crippen molar-refractivity contribution in [2.24, 2.45) is 5.10 Å². The normalized spacial score (nSPS) is 13.9. The summed E-state index contributed by atoms with van der Waals surface area (Å²) in [5, 5.41) is 15.3. The smallest absolute Gasteiger partial charge is 0.241 e. The number of carbonyl (C=O) groups is 1. The van der Waals surface area contributed by atoms with Crippen LogP contribution in [0.3, 0.4) is 0 Å². The molecule has 2 aromatic carbocycles. The first-order chi connectivity index (χ1) is 14.6. The van der Waals surface area contributed by atoms with Crippen LogP contribution in [0.4, 0.5) is 0 Å². The van der Waals surface area contributed by atoms with Crippen LogP contribution in [0.1, 0.15) is 43.0 Å². The molecule has 156 valence electrons. The fourth-order valence-corrected chi connectivity index (χ4v) is 4.23. The number of phenolic OH excluding ortho intramolecular Hbond substituents is 1. The molecule has 0 spiro atoms. The standard InChI is InChI=1S/C24H27N3O3/c1-16(17-11-12-22(28)23(15-17)30-2)25-26-24(29)13-14-27-20-9-5-3-7-18(20)19-8-4-6-10-21(19)27/h3,5,7,9,11-12,15,28H,4,6,8,10,13-14H2,1-2H3,(H,26,29)/b25-16-. The number of aryl methyl sites for hydroxylation is 2. The number of hydrazone groups is 1. The van der Waals surface area contributed by atoms with Gasteiger partial charge in [-0.25, -0.2) is 5.43 Å². The topological polar surface area (TPSA) is 75.8 Å². The molecule has 0 saturated heterocycles. The molecule has 1 aromatic heterocycles. The Balaban J connectivity index is 1.45. The summed E-state index contributed by atoms with van der Waals surface area (Å²) in [4.78, 5) is 12.5. The summed E-state index contributed by atoms with van der Waals surface area (Å²) >= 11 is 0. The SMILES string of the molecule is COc1cc(/C(C)=N\NC(=O)CCn2c3c(c4ccccc42)CCCC3)ccc1O. The lowest BCUT2D eigenvalue weighted by Gasteiger charge is -2.15. The number of methoxy groups -OCH3 is 1. The van der Waals surface area contributed by atoms with Gasteiger partial charge in [0.1, 0.15) is 0 Å². The lowest BCUT2D eigenvalue weighted by Crippen LogP contribution is -2.21. The average molecular weight is 405 g/mol. The molecule has 1 aliphatic rings. The molecule has 0 fully saturated rings. The Hall–Kier alpha value is -3.28. The van der Waals surface area contributed by atoms with Crippen molar-refractivity contribution in [1.29, 1.82) is 0 Å². The van der Waals surface area contributed by atoms with Crippen LogP contribution in [0.5, 0.6) is 11.5 Å². The molecule has 3 aromatic rings. The van der Waals surface area contributed by atoms with Crippen molar-refractivity contribution in [3.63, 3.8) is 0 Å². The van der Waals surface area contributed by atoms with Gasteiger partial charge in [-0.1, -0.05) is 18.2 Å². The highest BCUT2D eigenvalue weighted by atomic mass is 16.5. The van der Waals surface area contributed by atoms with Gasteiger partial charge in [0.05, 0.1) is 12.8 Å². The summed E-state index contributed by atoms with van der Waals surface area (Å²) in [5.74, 6) is 0.320. The fourth-order valence-electron chi connectivity index (χ4n) is 4.23. The maximum Gasteiger partial charge on any atom is 0.241 e. The number of amides is 1. The van der Waals surface area contributed by atoms with Crippen LogP contribution in [0, 0.1) is 0 Å². The Morgan fingerprint density at radius 2 is 2.00 bits per heavy atom. The van der Waals surface area contributed by atoms with E-state index < -0.39 is 0 Å². The van der Waals surface area contributed by atoms with Gasteiger partial charge < -0.3 is 14.4 Å². The number of aromatic hydroxyl groups is 1. The first kappa shape index (κ1) is 20.0. The van der Waals surface area contributed by atoms with Crippen molar-refractivity contribution >= 4 is 22.5 Å². The van der Waals surface area contributed by atoms with Gasteiger partial charge in [-0.15, -0.1) is 0 Å². The molecule has 0 bridgehead atoms. The largest absolute Gasteiger partial charge is 0.504 e. The zero-order valence-corrected chi connectivity index (χ0v) is 17.4. The van der Waals surface area contributed by atoms with E-state index >= 15 is 0 Å². The van der Waals surface area contributed by atoms with Crippen molar-refractivity contribution < 1.29 is 14.6 Å². The minimum absolute atomic E-state index is 0.0698. The molecule has 2 N–H and O–H groups in total. The van der Waals surface area contributed by atoms with E-state index in [1.807, 2.05) is 6.92 Å². The van der Waals surface area contributed by atoms with Gasteiger partial charge >= 0.3 is 0 Å². The Morgan fingerprint density at radius 3 is 2.83 bits per heavy atom. The number of rotatable bonds is 6. The number of ether oxygens (including phenoxy) is 1. The van der Waals surface area contributed by atoms with E-state index in [4.69, 9.17) is 4.74 Å². The molecule has 1 amide bonds. The minimum Gasteiger partial charge on any atom is -0.504 e. The zero-order chi connectivity index (χ0) is 21.1. The molecule has 0 unspecified atom stereocenters. The summed E-state index contributed by atoms with van der Waals surface area (Å²) in [7, 11) is 1.50. The van der Waals surface area contributed by atoms with Crippen LogP contribution >= 0.6 is 0 Å². The molecule has 1 aliphatic carbocycles. The van der Waals surface area contributed by atoms with Gasteiger partial charge in [0.2, 0.25) is 5.91 Å². The Bertz CT molecular complexity index is 1110. The van der Waals surface area contributed by atoms with Crippen molar-refractivity contribution in [3.8, 4) is 11.5 Å². The summed E-state index contributed by atoms with van der Waals surface area (Å²) in [6.07, 6.45) is 4.99. The van der Waals surface area contributed by atoms with Crippen molar-refractivity contribution in [1.82, 2.24) is 9.99 Å². The minimum atomic E-state index is -0.123. The van der Waals surface area contributed by atoms with E-state index in [-0.39, 0.29) is 11.7 Å². The first-order valence-corrected chi connectivity index (χ1v) is 10.4. The number of carbonyl (C=O) groups excluding carboxylic acids is 1. The fraction of sp³-hybridized carbons (Fsp3) is 0.333. The second kappa shape index (κ2) is 8.61.